The lowest BCUT2D eigenvalue weighted by molar-refractivity contribution is 0.318. The molecule has 0 saturated heterocycles. The highest BCUT2D eigenvalue weighted by Gasteiger charge is 2.13. The molecule has 1 heterocycles. The standard InChI is InChI=1S/C13H13Br2N3OS/c1-18(6-10-4-9(15)7-20-10)12-5-8(14)2-3-11(12)13(16)17-19/h2-5,7,19H,6H2,1H3,(H2,16,17). The summed E-state index contributed by atoms with van der Waals surface area (Å²) < 4.78 is 2.03. The Bertz CT molecular complexity index is 642. The minimum absolute atomic E-state index is 0.103. The molecule has 3 N–H and O–H groups in total. The lowest BCUT2D eigenvalue weighted by Gasteiger charge is -2.21. The number of rotatable bonds is 4. The molecule has 7 heteroatoms. The van der Waals surface area contributed by atoms with E-state index in [2.05, 4.69) is 53.4 Å². The lowest BCUT2D eigenvalue weighted by atomic mass is 10.1. The second kappa shape index (κ2) is 6.60. The summed E-state index contributed by atoms with van der Waals surface area (Å²) >= 11 is 8.59. The van der Waals surface area contributed by atoms with Gasteiger partial charge in [0.15, 0.2) is 5.84 Å². The van der Waals surface area contributed by atoms with Gasteiger partial charge < -0.3 is 15.8 Å². The van der Waals surface area contributed by atoms with Crippen molar-refractivity contribution in [2.24, 2.45) is 10.9 Å². The summed E-state index contributed by atoms with van der Waals surface area (Å²) in [6.07, 6.45) is 0. The SMILES string of the molecule is CN(Cc1cc(Br)cs1)c1cc(Br)ccc1/C(N)=N/O. The molecule has 0 amide bonds. The topological polar surface area (TPSA) is 61.8 Å². The number of hydrogen-bond donors (Lipinski definition) is 2. The van der Waals surface area contributed by atoms with Gasteiger partial charge in [-0.1, -0.05) is 21.1 Å². The molecule has 0 fully saturated rings. The first-order chi connectivity index (χ1) is 9.51. The number of halogens is 2. The number of nitrogens with zero attached hydrogens (tertiary/aromatic N) is 2. The summed E-state index contributed by atoms with van der Waals surface area (Å²) in [5.74, 6) is 0.103. The van der Waals surface area contributed by atoms with Crippen molar-refractivity contribution in [1.29, 1.82) is 0 Å². The molecule has 0 bridgehead atoms. The normalized spacial score (nSPS) is 11.7. The summed E-state index contributed by atoms with van der Waals surface area (Å²) in [5, 5.41) is 14.0. The largest absolute Gasteiger partial charge is 0.409 e. The maximum Gasteiger partial charge on any atom is 0.172 e. The van der Waals surface area contributed by atoms with Gasteiger partial charge >= 0.3 is 0 Å². The molecular formula is C13H13Br2N3OS. The molecule has 0 aliphatic rings. The van der Waals surface area contributed by atoms with E-state index < -0.39 is 0 Å². The van der Waals surface area contributed by atoms with Gasteiger partial charge in [0.2, 0.25) is 0 Å². The predicted octanol–water partition coefficient (Wildman–Crippen LogP) is 4.00. The van der Waals surface area contributed by atoms with Crippen LogP contribution in [0.4, 0.5) is 5.69 Å². The quantitative estimate of drug-likeness (QED) is 0.341. The second-order valence-electron chi connectivity index (χ2n) is 4.23. The summed E-state index contributed by atoms with van der Waals surface area (Å²) in [6.45, 7) is 0.748. The predicted molar refractivity (Wildman–Crippen MR) is 90.8 cm³/mol. The summed E-state index contributed by atoms with van der Waals surface area (Å²) in [5.41, 5.74) is 7.34. The first kappa shape index (κ1) is 15.3. The molecule has 4 nitrogen and oxygen atoms in total. The summed E-state index contributed by atoms with van der Waals surface area (Å²) in [4.78, 5) is 3.29. The number of anilines is 1. The molecule has 0 atom stereocenters. The molecule has 20 heavy (non-hydrogen) atoms. The zero-order valence-corrected chi connectivity index (χ0v) is 14.7. The van der Waals surface area contributed by atoms with Crippen LogP contribution in [0.15, 0.2) is 43.7 Å². The number of hydrogen-bond acceptors (Lipinski definition) is 4. The van der Waals surface area contributed by atoms with Gasteiger partial charge in [-0.05, 0) is 40.2 Å². The average molecular weight is 419 g/mol. The molecule has 0 aliphatic carbocycles. The van der Waals surface area contributed by atoms with E-state index in [1.165, 1.54) is 4.88 Å². The van der Waals surface area contributed by atoms with E-state index in [0.717, 1.165) is 21.2 Å². The van der Waals surface area contributed by atoms with E-state index in [-0.39, 0.29) is 5.84 Å². The molecule has 2 rings (SSSR count). The first-order valence-electron chi connectivity index (χ1n) is 5.72. The third kappa shape index (κ3) is 3.53. The van der Waals surface area contributed by atoms with Crippen LogP contribution in [-0.4, -0.2) is 18.1 Å². The Labute approximate surface area is 138 Å². The Balaban J connectivity index is 2.32. The minimum atomic E-state index is 0.103. The molecule has 1 aromatic heterocycles. The van der Waals surface area contributed by atoms with Crippen LogP contribution in [0.25, 0.3) is 0 Å². The number of amidine groups is 1. The molecule has 0 radical (unpaired) electrons. The third-order valence-electron chi connectivity index (χ3n) is 2.77. The van der Waals surface area contributed by atoms with E-state index in [4.69, 9.17) is 10.9 Å². The summed E-state index contributed by atoms with van der Waals surface area (Å²) in [7, 11) is 1.98. The van der Waals surface area contributed by atoms with E-state index in [0.29, 0.717) is 5.56 Å². The smallest absolute Gasteiger partial charge is 0.172 e. The van der Waals surface area contributed by atoms with Gasteiger partial charge in [-0.3, -0.25) is 0 Å². The van der Waals surface area contributed by atoms with Gasteiger partial charge in [0.05, 0.1) is 6.54 Å². The van der Waals surface area contributed by atoms with Crippen LogP contribution < -0.4 is 10.6 Å². The van der Waals surface area contributed by atoms with Crippen molar-refractivity contribution in [1.82, 2.24) is 0 Å². The number of thiophene rings is 1. The Morgan fingerprint density at radius 3 is 2.70 bits per heavy atom. The Kier molecular flexibility index (Phi) is 5.06. The van der Waals surface area contributed by atoms with E-state index in [1.807, 2.05) is 25.2 Å². The monoisotopic (exact) mass is 417 g/mol. The fourth-order valence-electron chi connectivity index (χ4n) is 1.85. The molecule has 0 unspecified atom stereocenters. The molecule has 1 aromatic carbocycles. The maximum atomic E-state index is 8.89. The highest BCUT2D eigenvalue weighted by atomic mass is 79.9. The van der Waals surface area contributed by atoms with Gasteiger partial charge in [-0.15, -0.1) is 11.3 Å². The highest BCUT2D eigenvalue weighted by molar-refractivity contribution is 9.10. The first-order valence-corrected chi connectivity index (χ1v) is 8.19. The van der Waals surface area contributed by atoms with Crippen molar-refractivity contribution in [2.45, 2.75) is 6.54 Å². The van der Waals surface area contributed by atoms with Crippen LogP contribution in [0, 0.1) is 0 Å². The molecule has 0 spiro atoms. The van der Waals surface area contributed by atoms with Gasteiger partial charge in [0.25, 0.3) is 0 Å². The van der Waals surface area contributed by atoms with Gasteiger partial charge in [-0.2, -0.15) is 0 Å². The fraction of sp³-hybridized carbons (Fsp3) is 0.154. The van der Waals surface area contributed by atoms with Gasteiger partial charge in [0.1, 0.15) is 0 Å². The molecular weight excluding hydrogens is 406 g/mol. The third-order valence-corrected chi connectivity index (χ3v) is 4.95. The van der Waals surface area contributed by atoms with Crippen LogP contribution >= 0.6 is 43.2 Å². The Hall–Kier alpha value is -1.05. The summed E-state index contributed by atoms with van der Waals surface area (Å²) in [6, 6.07) is 7.74. The van der Waals surface area contributed by atoms with Crippen LogP contribution in [0.3, 0.4) is 0 Å². The molecule has 0 saturated carbocycles. The van der Waals surface area contributed by atoms with Crippen LogP contribution in [-0.2, 0) is 6.54 Å². The van der Waals surface area contributed by atoms with Crippen LogP contribution in [0.1, 0.15) is 10.4 Å². The highest BCUT2D eigenvalue weighted by Crippen LogP contribution is 2.27. The van der Waals surface area contributed by atoms with Crippen molar-refractivity contribution < 1.29 is 5.21 Å². The zero-order valence-electron chi connectivity index (χ0n) is 10.7. The lowest BCUT2D eigenvalue weighted by Crippen LogP contribution is -2.22. The van der Waals surface area contributed by atoms with Crippen molar-refractivity contribution in [3.63, 3.8) is 0 Å². The fourth-order valence-corrected chi connectivity index (χ4v) is 3.70. The van der Waals surface area contributed by atoms with E-state index >= 15 is 0 Å². The van der Waals surface area contributed by atoms with Crippen molar-refractivity contribution in [2.75, 3.05) is 11.9 Å². The average Bonchev–Trinajstić information content (AvgIpc) is 2.83. The van der Waals surface area contributed by atoms with E-state index in [1.54, 1.807) is 11.3 Å². The maximum absolute atomic E-state index is 8.89. The minimum Gasteiger partial charge on any atom is -0.409 e. The molecule has 106 valence electrons. The number of nitrogens with two attached hydrogens (primary N) is 1. The van der Waals surface area contributed by atoms with Crippen LogP contribution in [0.2, 0.25) is 0 Å². The number of oxime groups is 1. The van der Waals surface area contributed by atoms with Gasteiger partial charge in [-0.25, -0.2) is 0 Å². The van der Waals surface area contributed by atoms with Crippen molar-refractivity contribution in [3.8, 4) is 0 Å². The van der Waals surface area contributed by atoms with Gasteiger partial charge in [0, 0.05) is 37.5 Å². The molecule has 0 aliphatic heterocycles. The second-order valence-corrected chi connectivity index (χ2v) is 7.06. The zero-order chi connectivity index (χ0) is 14.7. The number of benzene rings is 1. The van der Waals surface area contributed by atoms with E-state index in [9.17, 15) is 0 Å². The Morgan fingerprint density at radius 1 is 1.35 bits per heavy atom. The van der Waals surface area contributed by atoms with Crippen LogP contribution in [0.5, 0.6) is 0 Å². The van der Waals surface area contributed by atoms with Crippen molar-refractivity contribution in [3.05, 3.63) is 49.0 Å². The molecule has 2 aromatic rings. The van der Waals surface area contributed by atoms with Crippen molar-refractivity contribution >= 4 is 54.7 Å². The Morgan fingerprint density at radius 2 is 2.10 bits per heavy atom.